The summed E-state index contributed by atoms with van der Waals surface area (Å²) in [5.74, 6) is -4.57. The van der Waals surface area contributed by atoms with Crippen molar-refractivity contribution in [2.75, 3.05) is 19.0 Å². The molecule has 0 aliphatic carbocycles. The van der Waals surface area contributed by atoms with Crippen LogP contribution < -0.4 is 20.9 Å². The number of ether oxygens (including phenoxy) is 2. The van der Waals surface area contributed by atoms with Gasteiger partial charge in [0.2, 0.25) is 0 Å². The summed E-state index contributed by atoms with van der Waals surface area (Å²) in [5, 5.41) is 4.24. The van der Waals surface area contributed by atoms with Crippen LogP contribution in [-0.4, -0.2) is 48.4 Å². The lowest BCUT2D eigenvalue weighted by atomic mass is 9.89. The summed E-state index contributed by atoms with van der Waals surface area (Å²) in [6.45, 7) is 4.82. The van der Waals surface area contributed by atoms with E-state index in [0.29, 0.717) is 59.6 Å². The van der Waals surface area contributed by atoms with E-state index in [2.05, 4.69) is 5.32 Å². The number of halogens is 5. The summed E-state index contributed by atoms with van der Waals surface area (Å²) in [6, 6.07) is 2.92. The summed E-state index contributed by atoms with van der Waals surface area (Å²) in [7, 11) is 2.76. The van der Waals surface area contributed by atoms with Gasteiger partial charge in [0, 0.05) is 30.4 Å². The van der Waals surface area contributed by atoms with E-state index in [1.54, 1.807) is 19.2 Å². The molecule has 1 aliphatic heterocycles. The minimum Gasteiger partial charge on any atom is -0.493 e. The molecule has 3 aromatic rings. The second-order valence-electron chi connectivity index (χ2n) is 10.7. The summed E-state index contributed by atoms with van der Waals surface area (Å²) in [4.78, 5) is 38.9. The number of esters is 1. The molecular formula is C31H32F5N3O5. The molecule has 1 aromatic heterocycles. The number of nitrogens with zero attached hydrogens (tertiary/aromatic N) is 1. The van der Waals surface area contributed by atoms with E-state index in [4.69, 9.17) is 9.47 Å². The normalized spacial score (nSPS) is 14.2. The molecule has 0 fully saturated rings. The fourth-order valence-electron chi connectivity index (χ4n) is 5.22. The highest BCUT2D eigenvalue weighted by molar-refractivity contribution is 5.97. The van der Waals surface area contributed by atoms with Gasteiger partial charge in [-0.15, -0.1) is 0 Å². The largest absolute Gasteiger partial charge is 0.493 e. The maximum Gasteiger partial charge on any atom is 0.408 e. The lowest BCUT2D eigenvalue weighted by Crippen LogP contribution is -2.44. The standard InChI is InChI=1S/C31H32F5N3O5/c1-15-11-16(2)39(4)29(41)25(15)21-9-8-18(20-7-6-10-44-27(20)21)12-24(30(42)43-5)38-28(40)26-22(32)13-19(14-23(26)33)37-17(3)31(34,35)36/h8-9,11,13-14,17,24,37H,6-7,10,12H2,1-5H3,(H,38,40)/t17-,24+/m1/s1. The molecule has 2 N–H and O–H groups in total. The number of anilines is 1. The molecule has 0 spiro atoms. The van der Waals surface area contributed by atoms with Gasteiger partial charge in [-0.1, -0.05) is 12.1 Å². The summed E-state index contributed by atoms with van der Waals surface area (Å²) in [5.41, 5.74) is 2.10. The van der Waals surface area contributed by atoms with Gasteiger partial charge in [-0.05, 0) is 68.5 Å². The van der Waals surface area contributed by atoms with Crippen LogP contribution in [0.15, 0.2) is 35.1 Å². The van der Waals surface area contributed by atoms with E-state index in [1.807, 2.05) is 25.2 Å². The Balaban J connectivity index is 1.66. The summed E-state index contributed by atoms with van der Waals surface area (Å²) >= 11 is 0. The number of rotatable bonds is 8. The average molecular weight is 622 g/mol. The number of hydrogen-bond acceptors (Lipinski definition) is 6. The van der Waals surface area contributed by atoms with Crippen molar-refractivity contribution in [3.05, 3.63) is 80.3 Å². The number of aromatic nitrogens is 1. The maximum absolute atomic E-state index is 14.8. The highest BCUT2D eigenvalue weighted by Gasteiger charge is 2.36. The van der Waals surface area contributed by atoms with Crippen molar-refractivity contribution in [1.82, 2.24) is 9.88 Å². The lowest BCUT2D eigenvalue weighted by molar-refractivity contribution is -0.143. The van der Waals surface area contributed by atoms with Crippen LogP contribution in [0.5, 0.6) is 5.75 Å². The van der Waals surface area contributed by atoms with E-state index in [0.717, 1.165) is 25.3 Å². The second-order valence-corrected chi connectivity index (χ2v) is 10.7. The molecule has 44 heavy (non-hydrogen) atoms. The molecule has 0 radical (unpaired) electrons. The van der Waals surface area contributed by atoms with Crippen molar-refractivity contribution in [3.8, 4) is 16.9 Å². The predicted molar refractivity (Wildman–Crippen MR) is 153 cm³/mol. The Morgan fingerprint density at radius 1 is 1.11 bits per heavy atom. The molecule has 0 saturated heterocycles. The zero-order valence-electron chi connectivity index (χ0n) is 24.7. The number of amides is 1. The van der Waals surface area contributed by atoms with E-state index in [-0.39, 0.29) is 12.0 Å². The molecule has 2 aromatic carbocycles. The van der Waals surface area contributed by atoms with Crippen LogP contribution >= 0.6 is 0 Å². The fraction of sp³-hybridized carbons (Fsp3) is 0.387. The average Bonchev–Trinajstić information content (AvgIpc) is 2.95. The van der Waals surface area contributed by atoms with Crippen LogP contribution in [0.4, 0.5) is 27.6 Å². The number of fused-ring (bicyclic) bond motifs is 1. The molecule has 2 heterocycles. The molecule has 4 rings (SSSR count). The Kier molecular flexibility index (Phi) is 9.36. The molecule has 236 valence electrons. The first-order valence-corrected chi connectivity index (χ1v) is 13.8. The van der Waals surface area contributed by atoms with E-state index >= 15 is 0 Å². The third-order valence-corrected chi connectivity index (χ3v) is 7.67. The number of pyridine rings is 1. The van der Waals surface area contributed by atoms with Crippen molar-refractivity contribution < 1.29 is 41.0 Å². The Bertz CT molecular complexity index is 1640. The Morgan fingerprint density at radius 2 is 1.77 bits per heavy atom. The first kappa shape index (κ1) is 32.5. The Hall–Kier alpha value is -4.42. The van der Waals surface area contributed by atoms with Gasteiger partial charge in [0.25, 0.3) is 11.5 Å². The highest BCUT2D eigenvalue weighted by atomic mass is 19.4. The number of hydrogen-bond donors (Lipinski definition) is 2. The molecule has 8 nitrogen and oxygen atoms in total. The zero-order valence-corrected chi connectivity index (χ0v) is 24.7. The van der Waals surface area contributed by atoms with E-state index in [9.17, 15) is 36.3 Å². The number of methoxy groups -OCH3 is 1. The van der Waals surface area contributed by atoms with Gasteiger partial charge in [-0.25, -0.2) is 13.6 Å². The number of carbonyl (C=O) groups is 2. The van der Waals surface area contributed by atoms with Crippen LogP contribution in [0, 0.1) is 25.5 Å². The second kappa shape index (κ2) is 12.7. The monoisotopic (exact) mass is 621 g/mol. The maximum atomic E-state index is 14.8. The number of aryl methyl sites for hydroxylation is 2. The lowest BCUT2D eigenvalue weighted by Gasteiger charge is -2.26. The van der Waals surface area contributed by atoms with Crippen molar-refractivity contribution in [1.29, 1.82) is 0 Å². The molecule has 0 unspecified atom stereocenters. The van der Waals surface area contributed by atoms with Crippen molar-refractivity contribution in [2.45, 2.75) is 58.3 Å². The first-order valence-electron chi connectivity index (χ1n) is 13.8. The minimum absolute atomic E-state index is 0.138. The van der Waals surface area contributed by atoms with Gasteiger partial charge in [-0.2, -0.15) is 13.2 Å². The zero-order chi connectivity index (χ0) is 32.5. The predicted octanol–water partition coefficient (Wildman–Crippen LogP) is 5.15. The highest BCUT2D eigenvalue weighted by Crippen LogP contribution is 2.39. The topological polar surface area (TPSA) is 98.7 Å². The molecule has 0 saturated carbocycles. The van der Waals surface area contributed by atoms with Gasteiger partial charge >= 0.3 is 12.1 Å². The fourth-order valence-corrected chi connectivity index (χ4v) is 5.22. The van der Waals surface area contributed by atoms with Gasteiger partial charge in [-0.3, -0.25) is 9.59 Å². The molecule has 1 aliphatic rings. The molecule has 13 heteroatoms. The number of carbonyl (C=O) groups excluding carboxylic acids is 2. The molecular weight excluding hydrogens is 589 g/mol. The smallest absolute Gasteiger partial charge is 0.408 e. The van der Waals surface area contributed by atoms with Gasteiger partial charge in [0.15, 0.2) is 0 Å². The number of alkyl halides is 3. The summed E-state index contributed by atoms with van der Waals surface area (Å²) in [6.07, 6.45) is -3.62. The number of nitrogens with one attached hydrogen (secondary N) is 2. The molecule has 1 amide bonds. The van der Waals surface area contributed by atoms with Crippen LogP contribution in [0.3, 0.4) is 0 Å². The van der Waals surface area contributed by atoms with Crippen LogP contribution in [0.1, 0.15) is 46.1 Å². The van der Waals surface area contributed by atoms with Crippen molar-refractivity contribution in [2.24, 2.45) is 7.05 Å². The third kappa shape index (κ3) is 6.56. The van der Waals surface area contributed by atoms with Crippen LogP contribution in [-0.2, 0) is 29.4 Å². The van der Waals surface area contributed by atoms with E-state index in [1.165, 1.54) is 4.57 Å². The summed E-state index contributed by atoms with van der Waals surface area (Å²) < 4.78 is 80.7. The molecule has 2 atom stereocenters. The quantitative estimate of drug-likeness (QED) is 0.267. The molecule has 0 bridgehead atoms. The van der Waals surface area contributed by atoms with Crippen LogP contribution in [0.2, 0.25) is 0 Å². The van der Waals surface area contributed by atoms with Crippen molar-refractivity contribution in [3.63, 3.8) is 0 Å². The Labute approximate surface area is 250 Å². The van der Waals surface area contributed by atoms with Crippen molar-refractivity contribution >= 4 is 17.6 Å². The minimum atomic E-state index is -4.67. The SMILES string of the molecule is COC(=O)[C@H](Cc1ccc(-c2c(C)cc(C)n(C)c2=O)c2c1CCCO2)NC(=O)c1c(F)cc(N[C@H](C)C(F)(F)F)cc1F. The first-order chi connectivity index (χ1) is 20.6. The Morgan fingerprint density at radius 3 is 2.39 bits per heavy atom. The third-order valence-electron chi connectivity index (χ3n) is 7.67. The van der Waals surface area contributed by atoms with E-state index < -0.39 is 53.0 Å². The van der Waals surface area contributed by atoms with Crippen LogP contribution in [0.25, 0.3) is 11.1 Å². The van der Waals surface area contributed by atoms with Gasteiger partial charge < -0.3 is 24.7 Å². The van der Waals surface area contributed by atoms with Gasteiger partial charge in [0.05, 0.1) is 19.3 Å². The van der Waals surface area contributed by atoms with Gasteiger partial charge in [0.1, 0.15) is 35.0 Å². The number of benzene rings is 2.